The molecule has 0 amide bonds. The van der Waals surface area contributed by atoms with Crippen LogP contribution in [0, 0.1) is 0 Å². The van der Waals surface area contributed by atoms with Gasteiger partial charge in [-0.1, -0.05) is 108 Å². The number of benzene rings is 4. The van der Waals surface area contributed by atoms with Crippen LogP contribution >= 0.6 is 23.2 Å². The Morgan fingerprint density at radius 2 is 0.706 bits per heavy atom. The van der Waals surface area contributed by atoms with Crippen molar-refractivity contribution in [2.24, 2.45) is 0 Å². The maximum Gasteiger partial charge on any atom is 0.0602 e. The molecule has 4 aromatic carbocycles. The van der Waals surface area contributed by atoms with Crippen LogP contribution in [0.2, 0.25) is 10.0 Å². The van der Waals surface area contributed by atoms with Gasteiger partial charge in [0.2, 0.25) is 0 Å². The van der Waals surface area contributed by atoms with Crippen LogP contribution in [-0.4, -0.2) is 36.0 Å². The lowest BCUT2D eigenvalue weighted by molar-refractivity contribution is 0.0898. The van der Waals surface area contributed by atoms with E-state index in [-0.39, 0.29) is 12.1 Å². The first kappa shape index (κ1) is 23.1. The van der Waals surface area contributed by atoms with Gasteiger partial charge in [0.1, 0.15) is 0 Å². The fraction of sp³-hybridized carbons (Fsp3) is 0.200. The van der Waals surface area contributed by atoms with Crippen LogP contribution in [0.1, 0.15) is 34.3 Å². The summed E-state index contributed by atoms with van der Waals surface area (Å²) in [6.07, 6.45) is 0. The van der Waals surface area contributed by atoms with Crippen LogP contribution in [0.25, 0.3) is 0 Å². The topological polar surface area (TPSA) is 6.48 Å². The Labute approximate surface area is 212 Å². The van der Waals surface area contributed by atoms with E-state index in [9.17, 15) is 0 Å². The number of halogens is 2. The van der Waals surface area contributed by atoms with Gasteiger partial charge in [0.05, 0.1) is 12.1 Å². The third-order valence-electron chi connectivity index (χ3n) is 6.68. The molecule has 0 radical (unpaired) electrons. The summed E-state index contributed by atoms with van der Waals surface area (Å²) in [6, 6.07) is 38.6. The standard InChI is InChI=1S/C30H28Cl2N2/c31-27-15-11-25(12-16-27)29(23-7-3-1-4-8-23)33-19-21-34(22-20-33)30(24-9-5-2-6-10-24)26-13-17-28(32)18-14-26/h1-18,29-30H,19-22H2/t29-,30-/m0/s1. The van der Waals surface area contributed by atoms with Crippen LogP contribution in [0.5, 0.6) is 0 Å². The third-order valence-corrected chi connectivity index (χ3v) is 7.19. The van der Waals surface area contributed by atoms with Crippen molar-refractivity contribution in [3.8, 4) is 0 Å². The number of hydrogen-bond donors (Lipinski definition) is 0. The van der Waals surface area contributed by atoms with Crippen LogP contribution in [0.4, 0.5) is 0 Å². The molecule has 172 valence electrons. The highest BCUT2D eigenvalue weighted by atomic mass is 35.5. The summed E-state index contributed by atoms with van der Waals surface area (Å²) >= 11 is 12.4. The summed E-state index contributed by atoms with van der Waals surface area (Å²) in [5, 5.41) is 1.54. The first-order valence-corrected chi connectivity index (χ1v) is 12.5. The highest BCUT2D eigenvalue weighted by molar-refractivity contribution is 6.30. The Kier molecular flexibility index (Phi) is 7.32. The minimum Gasteiger partial charge on any atom is -0.290 e. The van der Waals surface area contributed by atoms with Gasteiger partial charge in [0.25, 0.3) is 0 Å². The van der Waals surface area contributed by atoms with E-state index in [4.69, 9.17) is 23.2 Å². The average Bonchev–Trinajstić information content (AvgIpc) is 2.89. The second kappa shape index (κ2) is 10.8. The molecule has 1 aliphatic rings. The summed E-state index contributed by atoms with van der Waals surface area (Å²) in [5.74, 6) is 0. The first-order valence-electron chi connectivity index (χ1n) is 11.8. The van der Waals surface area contributed by atoms with Gasteiger partial charge < -0.3 is 0 Å². The second-order valence-corrected chi connectivity index (χ2v) is 9.67. The highest BCUT2D eigenvalue weighted by Gasteiger charge is 2.30. The fourth-order valence-electron chi connectivity index (χ4n) is 5.04. The molecule has 1 saturated heterocycles. The zero-order chi connectivity index (χ0) is 23.3. The molecular formula is C30H28Cl2N2. The van der Waals surface area contributed by atoms with E-state index in [1.807, 2.05) is 24.3 Å². The number of nitrogens with zero attached hydrogens (tertiary/aromatic N) is 2. The van der Waals surface area contributed by atoms with E-state index < -0.39 is 0 Å². The van der Waals surface area contributed by atoms with Gasteiger partial charge in [0, 0.05) is 36.2 Å². The lowest BCUT2D eigenvalue weighted by Gasteiger charge is -2.43. The molecule has 0 saturated carbocycles. The molecule has 1 fully saturated rings. The van der Waals surface area contributed by atoms with Gasteiger partial charge in [-0.25, -0.2) is 0 Å². The van der Waals surface area contributed by atoms with E-state index >= 15 is 0 Å². The molecule has 2 atom stereocenters. The molecule has 34 heavy (non-hydrogen) atoms. The molecule has 0 N–H and O–H groups in total. The van der Waals surface area contributed by atoms with Gasteiger partial charge in [-0.05, 0) is 46.5 Å². The summed E-state index contributed by atoms with van der Waals surface area (Å²) < 4.78 is 0. The number of hydrogen-bond acceptors (Lipinski definition) is 2. The SMILES string of the molecule is Clc1ccc([C@H](c2ccccc2)N2CCN([C@@H](c3ccccc3)c3ccc(Cl)cc3)CC2)cc1. The quantitative estimate of drug-likeness (QED) is 0.278. The third kappa shape index (κ3) is 5.21. The second-order valence-electron chi connectivity index (χ2n) is 8.80. The molecule has 5 rings (SSSR count). The lowest BCUT2D eigenvalue weighted by Crippen LogP contribution is -2.49. The van der Waals surface area contributed by atoms with Gasteiger partial charge in [0.15, 0.2) is 0 Å². The predicted octanol–water partition coefficient (Wildman–Crippen LogP) is 7.49. The Bertz CT molecular complexity index is 1070. The van der Waals surface area contributed by atoms with E-state index in [2.05, 4.69) is 94.7 Å². The lowest BCUT2D eigenvalue weighted by atomic mass is 9.94. The van der Waals surface area contributed by atoms with Crippen LogP contribution in [0.3, 0.4) is 0 Å². The molecule has 1 heterocycles. The zero-order valence-electron chi connectivity index (χ0n) is 19.0. The van der Waals surface area contributed by atoms with Gasteiger partial charge in [-0.15, -0.1) is 0 Å². The van der Waals surface area contributed by atoms with Gasteiger partial charge in [-0.2, -0.15) is 0 Å². The molecule has 1 aliphatic heterocycles. The maximum absolute atomic E-state index is 6.20. The van der Waals surface area contributed by atoms with Crippen molar-refractivity contribution in [3.05, 3.63) is 141 Å². The summed E-state index contributed by atoms with van der Waals surface area (Å²) in [6.45, 7) is 3.94. The Morgan fingerprint density at radius 1 is 0.412 bits per heavy atom. The smallest absolute Gasteiger partial charge is 0.0602 e. The maximum atomic E-state index is 6.20. The van der Waals surface area contributed by atoms with Gasteiger partial charge in [-0.3, -0.25) is 9.80 Å². The van der Waals surface area contributed by atoms with Crippen molar-refractivity contribution in [3.63, 3.8) is 0 Å². The van der Waals surface area contributed by atoms with Gasteiger partial charge >= 0.3 is 0 Å². The van der Waals surface area contributed by atoms with Crippen molar-refractivity contribution in [1.29, 1.82) is 0 Å². The fourth-order valence-corrected chi connectivity index (χ4v) is 5.29. The summed E-state index contributed by atoms with van der Waals surface area (Å²) in [4.78, 5) is 5.19. The van der Waals surface area contributed by atoms with Crippen LogP contribution < -0.4 is 0 Å². The minimum absolute atomic E-state index is 0.214. The predicted molar refractivity (Wildman–Crippen MR) is 143 cm³/mol. The first-order chi connectivity index (χ1) is 16.7. The average molecular weight is 487 g/mol. The molecule has 4 heteroatoms. The molecule has 0 aliphatic carbocycles. The van der Waals surface area contributed by atoms with E-state index in [1.165, 1.54) is 22.3 Å². The largest absolute Gasteiger partial charge is 0.290 e. The molecule has 0 unspecified atom stereocenters. The van der Waals surface area contributed by atoms with Crippen molar-refractivity contribution >= 4 is 23.2 Å². The number of rotatable bonds is 6. The molecule has 4 aromatic rings. The normalized spacial score (nSPS) is 16.8. The molecule has 0 aromatic heterocycles. The summed E-state index contributed by atoms with van der Waals surface area (Å²) in [5.41, 5.74) is 5.19. The minimum atomic E-state index is 0.214. The number of piperazine rings is 1. The van der Waals surface area contributed by atoms with Crippen molar-refractivity contribution in [1.82, 2.24) is 9.80 Å². The molecule has 0 spiro atoms. The van der Waals surface area contributed by atoms with E-state index in [0.717, 1.165) is 36.2 Å². The summed E-state index contributed by atoms with van der Waals surface area (Å²) in [7, 11) is 0. The Morgan fingerprint density at radius 3 is 1.03 bits per heavy atom. The molecule has 0 bridgehead atoms. The molecular weight excluding hydrogens is 459 g/mol. The Balaban J connectivity index is 1.41. The van der Waals surface area contributed by atoms with E-state index in [0.29, 0.717) is 0 Å². The molecule has 2 nitrogen and oxygen atoms in total. The van der Waals surface area contributed by atoms with E-state index in [1.54, 1.807) is 0 Å². The highest BCUT2D eigenvalue weighted by Crippen LogP contribution is 2.34. The van der Waals surface area contributed by atoms with Crippen LogP contribution in [0.15, 0.2) is 109 Å². The zero-order valence-corrected chi connectivity index (χ0v) is 20.5. The van der Waals surface area contributed by atoms with Crippen molar-refractivity contribution in [2.45, 2.75) is 12.1 Å². The monoisotopic (exact) mass is 486 g/mol. The van der Waals surface area contributed by atoms with Crippen molar-refractivity contribution in [2.75, 3.05) is 26.2 Å². The Hall–Kier alpha value is -2.62. The van der Waals surface area contributed by atoms with Crippen LogP contribution in [-0.2, 0) is 0 Å². The van der Waals surface area contributed by atoms with Crippen molar-refractivity contribution < 1.29 is 0 Å².